The van der Waals surface area contributed by atoms with Gasteiger partial charge in [-0.15, -0.1) is 0 Å². The van der Waals surface area contributed by atoms with Crippen LogP contribution in [-0.2, 0) is 4.74 Å². The summed E-state index contributed by atoms with van der Waals surface area (Å²) in [4.78, 5) is 16.1. The Morgan fingerprint density at radius 1 is 1.33 bits per heavy atom. The number of amides is 2. The lowest BCUT2D eigenvalue weighted by Crippen LogP contribution is -2.46. The average molecular weight is 257 g/mol. The normalized spacial score (nSPS) is 26.1. The van der Waals surface area contributed by atoms with Crippen molar-refractivity contribution in [3.05, 3.63) is 0 Å². The fourth-order valence-electron chi connectivity index (χ4n) is 2.45. The summed E-state index contributed by atoms with van der Waals surface area (Å²) >= 11 is 0. The van der Waals surface area contributed by atoms with Crippen LogP contribution in [-0.4, -0.2) is 79.5 Å². The van der Waals surface area contributed by atoms with Crippen LogP contribution in [0, 0.1) is 0 Å². The first-order valence-electron chi connectivity index (χ1n) is 6.76. The zero-order valence-electron chi connectivity index (χ0n) is 10.8. The maximum absolute atomic E-state index is 12.1. The Morgan fingerprint density at radius 2 is 2.22 bits per heavy atom. The number of hydrogen-bond acceptors (Lipinski definition) is 4. The molecule has 2 aliphatic rings. The van der Waals surface area contributed by atoms with Crippen LogP contribution in [0.3, 0.4) is 0 Å². The number of hydrogen-bond donors (Lipinski definition) is 2. The molecule has 2 N–H and O–H groups in total. The van der Waals surface area contributed by atoms with E-state index in [4.69, 9.17) is 9.84 Å². The quantitative estimate of drug-likeness (QED) is 0.714. The standard InChI is InChI=1S/C12H23N3O3/c16-8-7-14-3-1-4-15(6-5-14)12(17)13-11-2-9-18-10-11/h11,16H,1-10H2,(H,13,17). The average Bonchev–Trinajstić information content (AvgIpc) is 2.74. The van der Waals surface area contributed by atoms with Crippen molar-refractivity contribution < 1.29 is 14.6 Å². The molecule has 2 saturated heterocycles. The molecular weight excluding hydrogens is 234 g/mol. The minimum absolute atomic E-state index is 0.0244. The van der Waals surface area contributed by atoms with E-state index in [2.05, 4.69) is 10.2 Å². The molecule has 6 nitrogen and oxygen atoms in total. The fraction of sp³-hybridized carbons (Fsp3) is 0.917. The van der Waals surface area contributed by atoms with Crippen LogP contribution in [0.5, 0.6) is 0 Å². The number of carbonyl (C=O) groups excluding carboxylic acids is 1. The molecule has 1 atom stereocenters. The number of nitrogens with zero attached hydrogens (tertiary/aromatic N) is 2. The molecule has 0 saturated carbocycles. The molecule has 0 aromatic rings. The van der Waals surface area contributed by atoms with Gasteiger partial charge in [-0.1, -0.05) is 0 Å². The van der Waals surface area contributed by atoms with Gasteiger partial charge in [-0.25, -0.2) is 4.79 Å². The van der Waals surface area contributed by atoms with Crippen LogP contribution in [0.25, 0.3) is 0 Å². The fourth-order valence-corrected chi connectivity index (χ4v) is 2.45. The minimum atomic E-state index is 0.0244. The van der Waals surface area contributed by atoms with Crippen LogP contribution in [0.4, 0.5) is 4.79 Å². The largest absolute Gasteiger partial charge is 0.395 e. The third-order valence-corrected chi connectivity index (χ3v) is 3.55. The number of β-amino-alcohol motifs (C(OH)–C–C–N with tert-alkyl or cyclic N) is 1. The van der Waals surface area contributed by atoms with Gasteiger partial charge in [0.05, 0.1) is 19.3 Å². The molecule has 2 fully saturated rings. The van der Waals surface area contributed by atoms with Crippen molar-refractivity contribution in [2.75, 3.05) is 52.5 Å². The van der Waals surface area contributed by atoms with E-state index in [1.807, 2.05) is 4.90 Å². The number of nitrogens with one attached hydrogen (secondary N) is 1. The van der Waals surface area contributed by atoms with Crippen molar-refractivity contribution in [2.24, 2.45) is 0 Å². The molecule has 2 heterocycles. The van der Waals surface area contributed by atoms with E-state index in [0.29, 0.717) is 13.2 Å². The molecule has 2 aliphatic heterocycles. The van der Waals surface area contributed by atoms with E-state index in [0.717, 1.165) is 45.6 Å². The third-order valence-electron chi connectivity index (χ3n) is 3.55. The molecule has 0 aromatic carbocycles. The van der Waals surface area contributed by atoms with Gasteiger partial charge in [0, 0.05) is 32.8 Å². The second-order valence-corrected chi connectivity index (χ2v) is 4.92. The molecule has 104 valence electrons. The van der Waals surface area contributed by atoms with E-state index >= 15 is 0 Å². The number of rotatable bonds is 3. The van der Waals surface area contributed by atoms with Crippen molar-refractivity contribution in [3.63, 3.8) is 0 Å². The molecule has 2 amide bonds. The number of carbonyl (C=O) groups is 1. The molecule has 0 aliphatic carbocycles. The molecule has 18 heavy (non-hydrogen) atoms. The van der Waals surface area contributed by atoms with Gasteiger partial charge in [0.2, 0.25) is 0 Å². The van der Waals surface area contributed by atoms with Gasteiger partial charge >= 0.3 is 6.03 Å². The highest BCUT2D eigenvalue weighted by Crippen LogP contribution is 2.07. The first-order chi connectivity index (χ1) is 8.79. The highest BCUT2D eigenvalue weighted by Gasteiger charge is 2.23. The molecule has 0 radical (unpaired) electrons. The van der Waals surface area contributed by atoms with Crippen molar-refractivity contribution in [1.29, 1.82) is 0 Å². The van der Waals surface area contributed by atoms with Crippen molar-refractivity contribution in [2.45, 2.75) is 18.9 Å². The number of ether oxygens (including phenoxy) is 1. The van der Waals surface area contributed by atoms with E-state index in [9.17, 15) is 4.79 Å². The minimum Gasteiger partial charge on any atom is -0.395 e. The Morgan fingerprint density at radius 3 is 2.94 bits per heavy atom. The number of urea groups is 1. The summed E-state index contributed by atoms with van der Waals surface area (Å²) < 4.78 is 5.25. The summed E-state index contributed by atoms with van der Waals surface area (Å²) in [5, 5.41) is 11.9. The highest BCUT2D eigenvalue weighted by atomic mass is 16.5. The van der Waals surface area contributed by atoms with Gasteiger partial charge in [0.25, 0.3) is 0 Å². The second-order valence-electron chi connectivity index (χ2n) is 4.92. The Bertz CT molecular complexity index is 269. The van der Waals surface area contributed by atoms with Crippen molar-refractivity contribution >= 4 is 6.03 Å². The Labute approximate surface area is 108 Å². The SMILES string of the molecule is O=C(NC1CCOC1)N1CCCN(CCO)CC1. The monoisotopic (exact) mass is 257 g/mol. The van der Waals surface area contributed by atoms with Gasteiger partial charge in [-0.2, -0.15) is 0 Å². The predicted octanol–water partition coefficient (Wildman–Crippen LogP) is -0.515. The van der Waals surface area contributed by atoms with E-state index in [1.165, 1.54) is 0 Å². The summed E-state index contributed by atoms with van der Waals surface area (Å²) in [6.07, 6.45) is 1.88. The number of aliphatic hydroxyl groups is 1. The predicted molar refractivity (Wildman–Crippen MR) is 67.5 cm³/mol. The Kier molecular flexibility index (Phi) is 5.22. The molecule has 2 rings (SSSR count). The maximum atomic E-state index is 12.1. The van der Waals surface area contributed by atoms with Crippen LogP contribution >= 0.6 is 0 Å². The molecule has 0 bridgehead atoms. The molecule has 6 heteroatoms. The van der Waals surface area contributed by atoms with Gasteiger partial charge in [-0.3, -0.25) is 4.90 Å². The van der Waals surface area contributed by atoms with Crippen LogP contribution in [0.15, 0.2) is 0 Å². The first kappa shape index (κ1) is 13.6. The topological polar surface area (TPSA) is 65.0 Å². The number of aliphatic hydroxyl groups excluding tert-OH is 1. The van der Waals surface area contributed by atoms with E-state index in [-0.39, 0.29) is 18.7 Å². The van der Waals surface area contributed by atoms with E-state index < -0.39 is 0 Å². The van der Waals surface area contributed by atoms with Gasteiger partial charge < -0.3 is 20.1 Å². The third kappa shape index (κ3) is 3.83. The first-order valence-corrected chi connectivity index (χ1v) is 6.76. The zero-order chi connectivity index (χ0) is 12.8. The summed E-state index contributed by atoms with van der Waals surface area (Å²) in [6, 6.07) is 0.200. The van der Waals surface area contributed by atoms with Crippen LogP contribution in [0.1, 0.15) is 12.8 Å². The summed E-state index contributed by atoms with van der Waals surface area (Å²) in [5.41, 5.74) is 0. The van der Waals surface area contributed by atoms with Crippen molar-refractivity contribution in [3.8, 4) is 0 Å². The summed E-state index contributed by atoms with van der Waals surface area (Å²) in [6.45, 7) is 5.59. The lowest BCUT2D eigenvalue weighted by Gasteiger charge is -2.23. The van der Waals surface area contributed by atoms with Gasteiger partial charge in [0.15, 0.2) is 0 Å². The Balaban J connectivity index is 1.76. The summed E-state index contributed by atoms with van der Waals surface area (Å²) in [5.74, 6) is 0. The molecule has 0 aromatic heterocycles. The maximum Gasteiger partial charge on any atom is 0.317 e. The van der Waals surface area contributed by atoms with Gasteiger partial charge in [-0.05, 0) is 19.4 Å². The van der Waals surface area contributed by atoms with Crippen LogP contribution in [0.2, 0.25) is 0 Å². The second kappa shape index (κ2) is 6.92. The van der Waals surface area contributed by atoms with E-state index in [1.54, 1.807) is 0 Å². The smallest absolute Gasteiger partial charge is 0.317 e. The molecule has 1 unspecified atom stereocenters. The zero-order valence-corrected chi connectivity index (χ0v) is 10.8. The van der Waals surface area contributed by atoms with Gasteiger partial charge in [0.1, 0.15) is 0 Å². The lowest BCUT2D eigenvalue weighted by molar-refractivity contribution is 0.176. The Hall–Kier alpha value is -0.850. The highest BCUT2D eigenvalue weighted by molar-refractivity contribution is 5.74. The lowest BCUT2D eigenvalue weighted by atomic mass is 10.3. The summed E-state index contributed by atoms with van der Waals surface area (Å²) in [7, 11) is 0. The van der Waals surface area contributed by atoms with Crippen LogP contribution < -0.4 is 5.32 Å². The van der Waals surface area contributed by atoms with Crippen molar-refractivity contribution in [1.82, 2.24) is 15.1 Å². The molecule has 0 spiro atoms. The molecular formula is C12H23N3O3.